The molecule has 0 spiro atoms. The van der Waals surface area contributed by atoms with Crippen molar-refractivity contribution < 1.29 is 0 Å². The SMILES string of the molecule is CCCc1c(NC)ncnc1-n1cc(Cl)c(C)n1. The van der Waals surface area contributed by atoms with Crippen LogP contribution < -0.4 is 5.32 Å². The normalized spacial score (nSPS) is 10.7. The fourth-order valence-corrected chi connectivity index (χ4v) is 1.97. The molecule has 2 heterocycles. The Kier molecular flexibility index (Phi) is 3.81. The fourth-order valence-electron chi connectivity index (χ4n) is 1.84. The molecule has 0 aliphatic rings. The van der Waals surface area contributed by atoms with Gasteiger partial charge in [0.15, 0.2) is 5.82 Å². The first kappa shape index (κ1) is 12.8. The van der Waals surface area contributed by atoms with E-state index in [2.05, 4.69) is 27.3 Å². The molecule has 0 amide bonds. The van der Waals surface area contributed by atoms with Crippen LogP contribution in [0.3, 0.4) is 0 Å². The van der Waals surface area contributed by atoms with Gasteiger partial charge in [-0.15, -0.1) is 0 Å². The van der Waals surface area contributed by atoms with Gasteiger partial charge in [-0.05, 0) is 13.3 Å². The Bertz CT molecular complexity index is 530. The van der Waals surface area contributed by atoms with Crippen molar-refractivity contribution in [3.05, 3.63) is 28.8 Å². The molecule has 96 valence electrons. The Hall–Kier alpha value is -1.62. The summed E-state index contributed by atoms with van der Waals surface area (Å²) in [7, 11) is 1.85. The van der Waals surface area contributed by atoms with Gasteiger partial charge in [-0.1, -0.05) is 24.9 Å². The quantitative estimate of drug-likeness (QED) is 0.923. The highest BCUT2D eigenvalue weighted by Gasteiger charge is 2.13. The Labute approximate surface area is 111 Å². The molecular formula is C12H16ClN5. The number of aromatic nitrogens is 4. The molecule has 1 N–H and O–H groups in total. The monoisotopic (exact) mass is 265 g/mol. The summed E-state index contributed by atoms with van der Waals surface area (Å²) in [6, 6.07) is 0. The van der Waals surface area contributed by atoms with Crippen LogP contribution in [0.15, 0.2) is 12.5 Å². The smallest absolute Gasteiger partial charge is 0.162 e. The zero-order chi connectivity index (χ0) is 13.1. The predicted octanol–water partition coefficient (Wildman–Crippen LogP) is 2.62. The largest absolute Gasteiger partial charge is 0.373 e. The highest BCUT2D eigenvalue weighted by molar-refractivity contribution is 6.31. The summed E-state index contributed by atoms with van der Waals surface area (Å²) in [4.78, 5) is 8.56. The zero-order valence-corrected chi connectivity index (χ0v) is 11.5. The molecule has 2 rings (SSSR count). The molecule has 0 unspecified atom stereocenters. The van der Waals surface area contributed by atoms with Crippen LogP contribution in [0.25, 0.3) is 5.82 Å². The van der Waals surface area contributed by atoms with Gasteiger partial charge in [-0.25, -0.2) is 14.6 Å². The van der Waals surface area contributed by atoms with Crippen LogP contribution in [0, 0.1) is 6.92 Å². The number of nitrogens with zero attached hydrogens (tertiary/aromatic N) is 4. The van der Waals surface area contributed by atoms with Crippen LogP contribution in [-0.2, 0) is 6.42 Å². The van der Waals surface area contributed by atoms with Gasteiger partial charge in [-0.2, -0.15) is 5.10 Å². The summed E-state index contributed by atoms with van der Waals surface area (Å²) in [6.07, 6.45) is 5.22. The third-order valence-electron chi connectivity index (χ3n) is 2.72. The number of anilines is 1. The standard InChI is InChI=1S/C12H16ClN5/c1-4-5-9-11(14-3)15-7-16-12(9)18-6-10(13)8(2)17-18/h6-7H,4-5H2,1-3H3,(H,14,15,16). The third-order valence-corrected chi connectivity index (χ3v) is 3.09. The van der Waals surface area contributed by atoms with Crippen molar-refractivity contribution in [3.63, 3.8) is 0 Å². The van der Waals surface area contributed by atoms with Crippen LogP contribution in [-0.4, -0.2) is 26.8 Å². The summed E-state index contributed by atoms with van der Waals surface area (Å²) >= 11 is 6.04. The van der Waals surface area contributed by atoms with Crippen molar-refractivity contribution in [3.8, 4) is 5.82 Å². The molecule has 0 bridgehead atoms. The van der Waals surface area contributed by atoms with Crippen molar-refractivity contribution in [1.29, 1.82) is 0 Å². The zero-order valence-electron chi connectivity index (χ0n) is 10.7. The molecule has 0 atom stereocenters. The number of hydrogen-bond donors (Lipinski definition) is 1. The molecule has 0 aromatic carbocycles. The van der Waals surface area contributed by atoms with Gasteiger partial charge in [0.1, 0.15) is 12.1 Å². The first-order valence-corrected chi connectivity index (χ1v) is 6.29. The van der Waals surface area contributed by atoms with Gasteiger partial charge in [0.05, 0.1) is 16.9 Å². The summed E-state index contributed by atoms with van der Waals surface area (Å²) in [5, 5.41) is 8.09. The third kappa shape index (κ3) is 2.31. The van der Waals surface area contributed by atoms with Gasteiger partial charge in [-0.3, -0.25) is 0 Å². The van der Waals surface area contributed by atoms with Gasteiger partial charge in [0.2, 0.25) is 0 Å². The molecule has 2 aromatic rings. The van der Waals surface area contributed by atoms with Gasteiger partial charge in [0.25, 0.3) is 0 Å². The van der Waals surface area contributed by atoms with Crippen LogP contribution in [0.5, 0.6) is 0 Å². The van der Waals surface area contributed by atoms with Gasteiger partial charge in [0, 0.05) is 12.6 Å². The van der Waals surface area contributed by atoms with Crippen molar-refractivity contribution in [2.45, 2.75) is 26.7 Å². The minimum absolute atomic E-state index is 0.641. The summed E-state index contributed by atoms with van der Waals surface area (Å²) in [5.41, 5.74) is 1.85. The van der Waals surface area contributed by atoms with E-state index in [0.29, 0.717) is 5.02 Å². The van der Waals surface area contributed by atoms with Crippen molar-refractivity contribution in [1.82, 2.24) is 19.7 Å². The van der Waals surface area contributed by atoms with E-state index in [1.54, 1.807) is 10.9 Å². The summed E-state index contributed by atoms with van der Waals surface area (Å²) < 4.78 is 1.71. The molecule has 5 nitrogen and oxygen atoms in total. The second kappa shape index (κ2) is 5.35. The molecule has 2 aromatic heterocycles. The Morgan fingerprint density at radius 1 is 1.39 bits per heavy atom. The molecule has 0 saturated carbocycles. The molecule has 0 aliphatic heterocycles. The van der Waals surface area contributed by atoms with Crippen LogP contribution >= 0.6 is 11.6 Å². The second-order valence-electron chi connectivity index (χ2n) is 4.03. The summed E-state index contributed by atoms with van der Waals surface area (Å²) in [5.74, 6) is 1.62. The Morgan fingerprint density at radius 2 is 2.17 bits per heavy atom. The number of hydrogen-bond acceptors (Lipinski definition) is 4. The maximum absolute atomic E-state index is 6.04. The first-order chi connectivity index (χ1) is 8.67. The maximum atomic E-state index is 6.04. The molecule has 0 aliphatic carbocycles. The molecular weight excluding hydrogens is 250 g/mol. The lowest BCUT2D eigenvalue weighted by atomic mass is 10.1. The van der Waals surface area contributed by atoms with E-state index in [9.17, 15) is 0 Å². The van der Waals surface area contributed by atoms with Crippen LogP contribution in [0.1, 0.15) is 24.6 Å². The predicted molar refractivity (Wildman–Crippen MR) is 72.4 cm³/mol. The van der Waals surface area contributed by atoms with Crippen molar-refractivity contribution >= 4 is 17.4 Å². The van der Waals surface area contributed by atoms with Crippen LogP contribution in [0.4, 0.5) is 5.82 Å². The topological polar surface area (TPSA) is 55.6 Å². The minimum atomic E-state index is 0.641. The second-order valence-corrected chi connectivity index (χ2v) is 4.44. The lowest BCUT2D eigenvalue weighted by Gasteiger charge is -2.11. The minimum Gasteiger partial charge on any atom is -0.373 e. The van der Waals surface area contributed by atoms with E-state index >= 15 is 0 Å². The molecule has 18 heavy (non-hydrogen) atoms. The Morgan fingerprint density at radius 3 is 2.72 bits per heavy atom. The molecule has 0 saturated heterocycles. The first-order valence-electron chi connectivity index (χ1n) is 5.91. The number of nitrogens with one attached hydrogen (secondary N) is 1. The van der Waals surface area contributed by atoms with E-state index in [1.165, 1.54) is 6.33 Å². The number of aryl methyl sites for hydroxylation is 1. The fraction of sp³-hybridized carbons (Fsp3) is 0.417. The molecule has 0 radical (unpaired) electrons. The summed E-state index contributed by atoms with van der Waals surface area (Å²) in [6.45, 7) is 4.00. The average molecular weight is 266 g/mol. The van der Waals surface area contributed by atoms with Crippen molar-refractivity contribution in [2.75, 3.05) is 12.4 Å². The maximum Gasteiger partial charge on any atom is 0.162 e. The lowest BCUT2D eigenvalue weighted by molar-refractivity contribution is 0.792. The highest BCUT2D eigenvalue weighted by Crippen LogP contribution is 2.22. The van der Waals surface area contributed by atoms with Crippen LogP contribution in [0.2, 0.25) is 5.02 Å². The average Bonchev–Trinajstić information content (AvgIpc) is 2.70. The Balaban J connectivity index is 2.55. The van der Waals surface area contributed by atoms with Gasteiger partial charge < -0.3 is 5.32 Å². The highest BCUT2D eigenvalue weighted by atomic mass is 35.5. The van der Waals surface area contributed by atoms with E-state index < -0.39 is 0 Å². The number of rotatable bonds is 4. The van der Waals surface area contributed by atoms with Crippen molar-refractivity contribution in [2.24, 2.45) is 0 Å². The van der Waals surface area contributed by atoms with E-state index in [-0.39, 0.29) is 0 Å². The lowest BCUT2D eigenvalue weighted by Crippen LogP contribution is -2.08. The molecule has 6 heteroatoms. The van der Waals surface area contributed by atoms with E-state index in [4.69, 9.17) is 11.6 Å². The molecule has 0 fully saturated rings. The van der Waals surface area contributed by atoms with E-state index in [1.807, 2.05) is 14.0 Å². The number of halogens is 1. The van der Waals surface area contributed by atoms with Gasteiger partial charge >= 0.3 is 0 Å². The van der Waals surface area contributed by atoms with E-state index in [0.717, 1.165) is 35.7 Å².